The van der Waals surface area contributed by atoms with Gasteiger partial charge in [-0.1, -0.05) is 0 Å². The molecule has 0 radical (unpaired) electrons. The molecule has 0 aliphatic carbocycles. The fourth-order valence-corrected chi connectivity index (χ4v) is 1.77. The summed E-state index contributed by atoms with van der Waals surface area (Å²) >= 11 is 0. The van der Waals surface area contributed by atoms with Gasteiger partial charge in [0.15, 0.2) is 0 Å². The van der Waals surface area contributed by atoms with E-state index in [1.165, 1.54) is 12.1 Å². The van der Waals surface area contributed by atoms with Crippen LogP contribution in [0.1, 0.15) is 0 Å². The first-order valence-electron chi connectivity index (χ1n) is 4.80. The molecule has 78 valence electrons. The summed E-state index contributed by atoms with van der Waals surface area (Å²) in [6, 6.07) is 9.71. The molecule has 4 nitrogen and oxygen atoms in total. The average molecular weight is 213 g/mol. The minimum Gasteiger partial charge on any atom is -0.423 e. The number of hydrogen-bond donors (Lipinski definition) is 1. The van der Waals surface area contributed by atoms with Crippen molar-refractivity contribution >= 4 is 21.9 Å². The summed E-state index contributed by atoms with van der Waals surface area (Å²) in [5.74, 6) is 0. The second kappa shape index (κ2) is 3.06. The van der Waals surface area contributed by atoms with Crippen molar-refractivity contribution in [2.45, 2.75) is 0 Å². The Labute approximate surface area is 89.1 Å². The zero-order valence-electron chi connectivity index (χ0n) is 8.19. The molecule has 1 aromatic carbocycles. The van der Waals surface area contributed by atoms with Crippen LogP contribution in [-0.2, 0) is 0 Å². The van der Waals surface area contributed by atoms with E-state index in [0.29, 0.717) is 11.1 Å². The molecule has 16 heavy (non-hydrogen) atoms. The lowest BCUT2D eigenvalue weighted by Gasteiger charge is -2.00. The lowest BCUT2D eigenvalue weighted by molar-refractivity contribution is 0.561. The summed E-state index contributed by atoms with van der Waals surface area (Å²) in [7, 11) is 0. The molecule has 2 aromatic heterocycles. The SMILES string of the molecule is O=c1ccc2ccc3oc(=O)ccc3c2[nH]1. The second-order valence-corrected chi connectivity index (χ2v) is 3.52. The second-order valence-electron chi connectivity index (χ2n) is 3.52. The van der Waals surface area contributed by atoms with E-state index >= 15 is 0 Å². The van der Waals surface area contributed by atoms with Crippen LogP contribution in [-0.4, -0.2) is 4.98 Å². The molecule has 0 aliphatic rings. The molecule has 0 saturated heterocycles. The molecule has 0 fully saturated rings. The van der Waals surface area contributed by atoms with E-state index in [-0.39, 0.29) is 5.56 Å². The lowest BCUT2D eigenvalue weighted by atomic mass is 10.1. The van der Waals surface area contributed by atoms with Crippen LogP contribution in [0, 0.1) is 0 Å². The Balaban J connectivity index is 2.62. The van der Waals surface area contributed by atoms with Gasteiger partial charge in [-0.05, 0) is 29.7 Å². The van der Waals surface area contributed by atoms with E-state index in [9.17, 15) is 9.59 Å². The third-order valence-corrected chi connectivity index (χ3v) is 2.50. The molecule has 0 saturated carbocycles. The van der Waals surface area contributed by atoms with Crippen molar-refractivity contribution in [3.8, 4) is 0 Å². The minimum atomic E-state index is -0.398. The molecule has 1 N–H and O–H groups in total. The molecule has 2 heterocycles. The summed E-state index contributed by atoms with van der Waals surface area (Å²) < 4.78 is 5.03. The maximum Gasteiger partial charge on any atom is 0.336 e. The highest BCUT2D eigenvalue weighted by Crippen LogP contribution is 2.20. The number of benzene rings is 1. The van der Waals surface area contributed by atoms with Crippen molar-refractivity contribution in [2.24, 2.45) is 0 Å². The third-order valence-electron chi connectivity index (χ3n) is 2.50. The highest BCUT2D eigenvalue weighted by Gasteiger charge is 2.03. The molecular weight excluding hydrogens is 206 g/mol. The van der Waals surface area contributed by atoms with E-state index in [0.717, 1.165) is 10.8 Å². The average Bonchev–Trinajstić information content (AvgIpc) is 2.28. The van der Waals surface area contributed by atoms with Crippen LogP contribution >= 0.6 is 0 Å². The van der Waals surface area contributed by atoms with Gasteiger partial charge in [0.25, 0.3) is 0 Å². The maximum absolute atomic E-state index is 11.2. The Morgan fingerprint density at radius 3 is 2.62 bits per heavy atom. The number of pyridine rings is 1. The Kier molecular flexibility index (Phi) is 1.71. The normalized spacial score (nSPS) is 11.0. The molecule has 4 heteroatoms. The smallest absolute Gasteiger partial charge is 0.336 e. The van der Waals surface area contributed by atoms with Crippen LogP contribution in [0.3, 0.4) is 0 Å². The first-order valence-corrected chi connectivity index (χ1v) is 4.80. The Morgan fingerprint density at radius 2 is 1.75 bits per heavy atom. The number of nitrogens with one attached hydrogen (secondary N) is 1. The third kappa shape index (κ3) is 1.24. The van der Waals surface area contributed by atoms with Crippen molar-refractivity contribution in [3.63, 3.8) is 0 Å². The predicted molar refractivity (Wildman–Crippen MR) is 60.6 cm³/mol. The summed E-state index contributed by atoms with van der Waals surface area (Å²) in [4.78, 5) is 25.0. The molecule has 0 aliphatic heterocycles. The van der Waals surface area contributed by atoms with Crippen LogP contribution in [0.2, 0.25) is 0 Å². The van der Waals surface area contributed by atoms with E-state index < -0.39 is 5.63 Å². The summed E-state index contributed by atoms with van der Waals surface area (Å²) in [6.07, 6.45) is 0. The number of rotatable bonds is 0. The van der Waals surface area contributed by atoms with Gasteiger partial charge in [0.2, 0.25) is 5.56 Å². The molecular formula is C12H7NO3. The standard InChI is InChI=1S/C12H7NO3/c14-10-5-2-7-1-4-9-8(12(7)13-10)3-6-11(15)16-9/h1-6H,(H,13,14). The highest BCUT2D eigenvalue weighted by molar-refractivity contribution is 6.02. The van der Waals surface area contributed by atoms with Crippen molar-refractivity contribution in [2.75, 3.05) is 0 Å². The Bertz CT molecular complexity index is 798. The Morgan fingerprint density at radius 1 is 0.938 bits per heavy atom. The van der Waals surface area contributed by atoms with Crippen LogP contribution < -0.4 is 11.2 Å². The number of aromatic nitrogens is 1. The van der Waals surface area contributed by atoms with Crippen molar-refractivity contribution < 1.29 is 4.42 Å². The summed E-state index contributed by atoms with van der Waals surface area (Å²) in [6.45, 7) is 0. The van der Waals surface area contributed by atoms with Gasteiger partial charge in [-0.3, -0.25) is 4.79 Å². The lowest BCUT2D eigenvalue weighted by Crippen LogP contribution is -2.03. The quantitative estimate of drug-likeness (QED) is 0.456. The fraction of sp³-hybridized carbons (Fsp3) is 0. The minimum absolute atomic E-state index is 0.175. The molecule has 3 aromatic rings. The van der Waals surface area contributed by atoms with Gasteiger partial charge < -0.3 is 9.40 Å². The molecule has 0 unspecified atom stereocenters. The highest BCUT2D eigenvalue weighted by atomic mass is 16.4. The topological polar surface area (TPSA) is 63.1 Å². The van der Waals surface area contributed by atoms with Gasteiger partial charge in [-0.2, -0.15) is 0 Å². The zero-order chi connectivity index (χ0) is 11.1. The predicted octanol–water partition coefficient (Wildman–Crippen LogP) is 1.63. The van der Waals surface area contributed by atoms with Crippen molar-refractivity contribution in [1.82, 2.24) is 4.98 Å². The van der Waals surface area contributed by atoms with Crippen LogP contribution in [0.15, 0.2) is 50.4 Å². The van der Waals surface area contributed by atoms with Gasteiger partial charge in [-0.15, -0.1) is 0 Å². The first kappa shape index (κ1) is 8.91. The fourth-order valence-electron chi connectivity index (χ4n) is 1.77. The van der Waals surface area contributed by atoms with Gasteiger partial charge in [0.1, 0.15) is 5.58 Å². The van der Waals surface area contributed by atoms with Crippen molar-refractivity contribution in [3.05, 3.63) is 57.2 Å². The molecule has 0 bridgehead atoms. The molecule has 0 amide bonds. The van der Waals surface area contributed by atoms with Crippen molar-refractivity contribution in [1.29, 1.82) is 0 Å². The largest absolute Gasteiger partial charge is 0.423 e. The molecule has 3 rings (SSSR count). The zero-order valence-corrected chi connectivity index (χ0v) is 8.19. The number of H-pyrrole nitrogens is 1. The van der Waals surface area contributed by atoms with Crippen LogP contribution in [0.5, 0.6) is 0 Å². The summed E-state index contributed by atoms with van der Waals surface area (Å²) in [5.41, 5.74) is 0.590. The Hall–Kier alpha value is -2.36. The number of aromatic amines is 1. The van der Waals surface area contributed by atoms with Crippen LogP contribution in [0.25, 0.3) is 21.9 Å². The first-order chi connectivity index (χ1) is 7.74. The number of fused-ring (bicyclic) bond motifs is 3. The van der Waals surface area contributed by atoms with Gasteiger partial charge in [-0.25, -0.2) is 4.79 Å². The van der Waals surface area contributed by atoms with E-state index in [4.69, 9.17) is 4.42 Å². The van der Waals surface area contributed by atoms with E-state index in [2.05, 4.69) is 4.98 Å². The monoisotopic (exact) mass is 213 g/mol. The van der Waals surface area contributed by atoms with E-state index in [1.54, 1.807) is 24.3 Å². The molecule has 0 spiro atoms. The van der Waals surface area contributed by atoms with Gasteiger partial charge in [0.05, 0.1) is 5.52 Å². The van der Waals surface area contributed by atoms with Gasteiger partial charge in [0, 0.05) is 17.5 Å². The van der Waals surface area contributed by atoms with E-state index in [1.807, 2.05) is 0 Å². The van der Waals surface area contributed by atoms with Crippen LogP contribution in [0.4, 0.5) is 0 Å². The van der Waals surface area contributed by atoms with Gasteiger partial charge >= 0.3 is 5.63 Å². The summed E-state index contributed by atoms with van der Waals surface area (Å²) in [5, 5.41) is 1.63. The molecule has 0 atom stereocenters. The number of hydrogen-bond acceptors (Lipinski definition) is 3. The maximum atomic E-state index is 11.2.